The fraction of sp³-hybridized carbons (Fsp3) is 0.143. The van der Waals surface area contributed by atoms with E-state index < -0.39 is 0 Å². The minimum Gasteiger partial charge on any atom is -0.380 e. The minimum atomic E-state index is -0.264. The van der Waals surface area contributed by atoms with E-state index in [-0.39, 0.29) is 12.5 Å². The van der Waals surface area contributed by atoms with E-state index in [1.54, 1.807) is 12.3 Å². The number of benzene rings is 1. The summed E-state index contributed by atoms with van der Waals surface area (Å²) in [7, 11) is 0. The maximum Gasteiger partial charge on any atom is 0.239 e. The highest BCUT2D eigenvalue weighted by atomic mass is 35.5. The third-order valence-electron chi connectivity index (χ3n) is 2.63. The van der Waals surface area contributed by atoms with E-state index in [0.29, 0.717) is 12.4 Å². The van der Waals surface area contributed by atoms with E-state index >= 15 is 0 Å². The van der Waals surface area contributed by atoms with Gasteiger partial charge < -0.3 is 16.4 Å². The van der Waals surface area contributed by atoms with Crippen LogP contribution in [-0.2, 0) is 11.3 Å². The highest BCUT2D eigenvalue weighted by molar-refractivity contribution is 6.30. The summed E-state index contributed by atoms with van der Waals surface area (Å²) in [5.74, 6) is 0.219. The molecule has 0 bridgehead atoms. The molecule has 20 heavy (non-hydrogen) atoms. The zero-order valence-corrected chi connectivity index (χ0v) is 11.5. The number of nitrogens with two attached hydrogens (primary N) is 1. The summed E-state index contributed by atoms with van der Waals surface area (Å²) in [5.41, 5.74) is 7.20. The number of halogens is 1. The first-order chi connectivity index (χ1) is 9.67. The Morgan fingerprint density at radius 1 is 1.20 bits per heavy atom. The van der Waals surface area contributed by atoms with Crippen LogP contribution < -0.4 is 16.4 Å². The average molecular weight is 291 g/mol. The molecule has 0 atom stereocenters. The Morgan fingerprint density at radius 2 is 1.95 bits per heavy atom. The van der Waals surface area contributed by atoms with Crippen molar-refractivity contribution in [2.45, 2.75) is 6.54 Å². The van der Waals surface area contributed by atoms with Crippen LogP contribution in [0.5, 0.6) is 0 Å². The lowest BCUT2D eigenvalue weighted by molar-refractivity contribution is -0.114. The van der Waals surface area contributed by atoms with Gasteiger partial charge in [0.1, 0.15) is 5.82 Å². The average Bonchev–Trinajstić information content (AvgIpc) is 2.48. The Hall–Kier alpha value is -2.11. The number of aromatic nitrogens is 1. The topological polar surface area (TPSA) is 80.0 Å². The minimum absolute atomic E-state index is 0.0573. The van der Waals surface area contributed by atoms with Crippen molar-refractivity contribution < 1.29 is 4.79 Å². The smallest absolute Gasteiger partial charge is 0.239 e. The lowest BCUT2D eigenvalue weighted by atomic mass is 10.2. The summed E-state index contributed by atoms with van der Waals surface area (Å²) >= 11 is 5.83. The second-order valence-corrected chi connectivity index (χ2v) is 4.60. The molecule has 6 heteroatoms. The molecule has 0 saturated heterocycles. The van der Waals surface area contributed by atoms with Crippen LogP contribution in [0.4, 0.5) is 11.5 Å². The van der Waals surface area contributed by atoms with Gasteiger partial charge in [0.15, 0.2) is 0 Å². The molecule has 104 valence electrons. The van der Waals surface area contributed by atoms with Gasteiger partial charge in [-0.1, -0.05) is 23.7 Å². The number of rotatable bonds is 5. The van der Waals surface area contributed by atoms with Crippen molar-refractivity contribution in [2.24, 2.45) is 5.73 Å². The number of hydrogen-bond donors (Lipinski definition) is 3. The van der Waals surface area contributed by atoms with Gasteiger partial charge in [0.05, 0.1) is 18.4 Å². The Morgan fingerprint density at radius 3 is 2.55 bits per heavy atom. The zero-order valence-electron chi connectivity index (χ0n) is 10.8. The van der Waals surface area contributed by atoms with Gasteiger partial charge in [0.2, 0.25) is 5.91 Å². The number of nitrogens with zero attached hydrogens (tertiary/aromatic N) is 1. The van der Waals surface area contributed by atoms with Crippen molar-refractivity contribution in [3.8, 4) is 0 Å². The largest absolute Gasteiger partial charge is 0.380 e. The molecule has 2 rings (SSSR count). The number of amides is 1. The van der Waals surface area contributed by atoms with Crippen LogP contribution in [-0.4, -0.2) is 17.4 Å². The number of anilines is 2. The van der Waals surface area contributed by atoms with Gasteiger partial charge in [-0.2, -0.15) is 0 Å². The van der Waals surface area contributed by atoms with Crippen molar-refractivity contribution in [1.82, 2.24) is 4.98 Å². The normalized spacial score (nSPS) is 10.1. The third-order valence-corrected chi connectivity index (χ3v) is 2.88. The molecule has 2 aromatic rings. The van der Waals surface area contributed by atoms with Crippen molar-refractivity contribution in [2.75, 3.05) is 17.2 Å². The van der Waals surface area contributed by atoms with Crippen molar-refractivity contribution in [1.29, 1.82) is 0 Å². The highest BCUT2D eigenvalue weighted by Gasteiger charge is 2.00. The van der Waals surface area contributed by atoms with Crippen molar-refractivity contribution >= 4 is 29.0 Å². The number of pyridine rings is 1. The monoisotopic (exact) mass is 290 g/mol. The second-order valence-electron chi connectivity index (χ2n) is 4.16. The van der Waals surface area contributed by atoms with E-state index in [9.17, 15) is 4.79 Å². The summed E-state index contributed by atoms with van der Waals surface area (Å²) in [6, 6.07) is 11.2. The molecule has 4 N–H and O–H groups in total. The fourth-order valence-corrected chi connectivity index (χ4v) is 1.70. The Kier molecular flexibility index (Phi) is 4.92. The maximum atomic E-state index is 11.1. The molecule has 0 saturated carbocycles. The van der Waals surface area contributed by atoms with Crippen LogP contribution in [0.3, 0.4) is 0 Å². The fourth-order valence-electron chi connectivity index (χ4n) is 1.57. The lowest BCUT2D eigenvalue weighted by Gasteiger charge is -2.07. The highest BCUT2D eigenvalue weighted by Crippen LogP contribution is 2.13. The first-order valence-corrected chi connectivity index (χ1v) is 6.49. The quantitative estimate of drug-likeness (QED) is 0.789. The summed E-state index contributed by atoms with van der Waals surface area (Å²) in [4.78, 5) is 15.2. The number of nitrogens with one attached hydrogen (secondary N) is 2. The second kappa shape index (κ2) is 6.88. The van der Waals surface area contributed by atoms with E-state index in [1.165, 1.54) is 0 Å². The van der Waals surface area contributed by atoms with Crippen molar-refractivity contribution in [3.63, 3.8) is 0 Å². The molecule has 0 unspecified atom stereocenters. The predicted octanol–water partition coefficient (Wildman–Crippen LogP) is 2.24. The number of carbonyl (C=O) groups is 1. The van der Waals surface area contributed by atoms with Gasteiger partial charge in [-0.15, -0.1) is 0 Å². The van der Waals surface area contributed by atoms with Crippen LogP contribution in [0, 0.1) is 0 Å². The molecular formula is C14H15ClN4O. The number of hydrogen-bond acceptors (Lipinski definition) is 4. The summed E-state index contributed by atoms with van der Waals surface area (Å²) in [6.45, 7) is 0.617. The standard InChI is InChI=1S/C14H15ClN4O/c15-11-3-1-10(2-4-11)8-17-12-5-6-13(18-9-12)19-14(20)7-16/h1-6,9,17H,7-8,16H2,(H,18,19,20). The molecule has 0 fully saturated rings. The predicted molar refractivity (Wildman–Crippen MR) is 80.7 cm³/mol. The first kappa shape index (κ1) is 14.3. The molecule has 0 aliphatic rings. The molecular weight excluding hydrogens is 276 g/mol. The number of carbonyl (C=O) groups excluding carboxylic acids is 1. The van der Waals surface area contributed by atoms with Gasteiger partial charge in [-0.05, 0) is 29.8 Å². The molecule has 1 amide bonds. The Balaban J connectivity index is 1.90. The van der Waals surface area contributed by atoms with Gasteiger partial charge in [0, 0.05) is 11.6 Å². The first-order valence-electron chi connectivity index (χ1n) is 6.11. The zero-order chi connectivity index (χ0) is 14.4. The van der Waals surface area contributed by atoms with Gasteiger partial charge in [0.25, 0.3) is 0 Å². The van der Waals surface area contributed by atoms with E-state index in [0.717, 1.165) is 16.3 Å². The van der Waals surface area contributed by atoms with Gasteiger partial charge >= 0.3 is 0 Å². The van der Waals surface area contributed by atoms with E-state index in [2.05, 4.69) is 15.6 Å². The lowest BCUT2D eigenvalue weighted by Crippen LogP contribution is -2.22. The summed E-state index contributed by atoms with van der Waals surface area (Å²) < 4.78 is 0. The molecule has 5 nitrogen and oxygen atoms in total. The molecule has 0 spiro atoms. The van der Waals surface area contributed by atoms with Crippen LogP contribution in [0.2, 0.25) is 5.02 Å². The van der Waals surface area contributed by atoms with E-state index in [4.69, 9.17) is 17.3 Å². The molecule has 1 heterocycles. The Bertz CT molecular complexity index is 569. The van der Waals surface area contributed by atoms with Crippen LogP contribution >= 0.6 is 11.6 Å². The Labute approximate surface area is 122 Å². The van der Waals surface area contributed by atoms with Gasteiger partial charge in [-0.25, -0.2) is 4.98 Å². The molecule has 0 aliphatic carbocycles. The third kappa shape index (κ3) is 4.22. The SMILES string of the molecule is NCC(=O)Nc1ccc(NCc2ccc(Cl)cc2)cn1. The van der Waals surface area contributed by atoms with Crippen LogP contribution in [0.15, 0.2) is 42.6 Å². The summed E-state index contributed by atoms with van der Waals surface area (Å²) in [6.07, 6.45) is 1.65. The summed E-state index contributed by atoms with van der Waals surface area (Å²) in [5, 5.41) is 6.53. The molecule has 0 aliphatic heterocycles. The van der Waals surface area contributed by atoms with E-state index in [1.807, 2.05) is 30.3 Å². The van der Waals surface area contributed by atoms with Crippen molar-refractivity contribution in [3.05, 3.63) is 53.2 Å². The maximum absolute atomic E-state index is 11.1. The molecule has 1 aromatic carbocycles. The molecule has 0 radical (unpaired) electrons. The van der Waals surface area contributed by atoms with Gasteiger partial charge in [-0.3, -0.25) is 4.79 Å². The van der Waals surface area contributed by atoms with Crippen LogP contribution in [0.1, 0.15) is 5.56 Å². The molecule has 1 aromatic heterocycles. The van der Waals surface area contributed by atoms with Crippen LogP contribution in [0.25, 0.3) is 0 Å².